The van der Waals surface area contributed by atoms with Crippen LogP contribution in [0.5, 0.6) is 0 Å². The molecule has 0 bridgehead atoms. The minimum atomic E-state index is -4.89. The zero-order valence-electron chi connectivity index (χ0n) is 12.0. The van der Waals surface area contributed by atoms with Gasteiger partial charge in [-0.2, -0.15) is 13.2 Å². The first-order valence-electron chi connectivity index (χ1n) is 6.92. The highest BCUT2D eigenvalue weighted by Crippen LogP contribution is 2.32. The van der Waals surface area contributed by atoms with Gasteiger partial charge in [-0.15, -0.1) is 0 Å². The van der Waals surface area contributed by atoms with Crippen LogP contribution in [0, 0.1) is 0 Å². The summed E-state index contributed by atoms with van der Waals surface area (Å²) in [7, 11) is 0. The van der Waals surface area contributed by atoms with E-state index in [1.807, 2.05) is 0 Å². The number of halogens is 3. The van der Waals surface area contributed by atoms with Gasteiger partial charge < -0.3 is 4.90 Å². The van der Waals surface area contributed by atoms with Crippen LogP contribution in [-0.2, 0) is 4.79 Å². The molecule has 116 valence electrons. The van der Waals surface area contributed by atoms with Gasteiger partial charge in [0.05, 0.1) is 6.04 Å². The summed E-state index contributed by atoms with van der Waals surface area (Å²) >= 11 is 0. The second-order valence-electron chi connectivity index (χ2n) is 4.81. The molecule has 0 fully saturated rings. The van der Waals surface area contributed by atoms with Crippen molar-refractivity contribution in [1.82, 2.24) is 4.90 Å². The second-order valence-corrected chi connectivity index (χ2v) is 4.81. The van der Waals surface area contributed by atoms with Crippen molar-refractivity contribution in [3.63, 3.8) is 0 Å². The van der Waals surface area contributed by atoms with Crippen LogP contribution in [-0.4, -0.2) is 23.5 Å². The molecule has 0 atom stereocenters. The Morgan fingerprint density at radius 1 is 0.955 bits per heavy atom. The van der Waals surface area contributed by atoms with E-state index in [0.29, 0.717) is 11.1 Å². The van der Waals surface area contributed by atoms with Crippen LogP contribution in [0.2, 0.25) is 0 Å². The Labute approximate surface area is 127 Å². The number of amides is 1. The minimum absolute atomic E-state index is 0.0349. The molecule has 0 aliphatic rings. The summed E-state index contributed by atoms with van der Waals surface area (Å²) in [6, 6.07) is 16.7. The number of rotatable bonds is 4. The van der Waals surface area contributed by atoms with Crippen molar-refractivity contribution in [1.29, 1.82) is 0 Å². The molecule has 0 saturated carbocycles. The number of carbonyl (C=O) groups excluding carboxylic acids is 1. The van der Waals surface area contributed by atoms with Crippen molar-refractivity contribution in [3.05, 3.63) is 71.8 Å². The Balaban J connectivity index is 2.51. The van der Waals surface area contributed by atoms with Gasteiger partial charge in [0.25, 0.3) is 0 Å². The molecule has 0 spiro atoms. The second kappa shape index (κ2) is 6.64. The Kier molecular flexibility index (Phi) is 4.85. The summed E-state index contributed by atoms with van der Waals surface area (Å²) in [6.45, 7) is 1.51. The van der Waals surface area contributed by atoms with Gasteiger partial charge in [0.1, 0.15) is 0 Å². The third-order valence-electron chi connectivity index (χ3n) is 3.39. The fourth-order valence-electron chi connectivity index (χ4n) is 2.43. The fourth-order valence-corrected chi connectivity index (χ4v) is 2.43. The van der Waals surface area contributed by atoms with Gasteiger partial charge in [0.15, 0.2) is 0 Å². The van der Waals surface area contributed by atoms with Crippen LogP contribution < -0.4 is 0 Å². The highest BCUT2D eigenvalue weighted by atomic mass is 19.4. The lowest BCUT2D eigenvalue weighted by Crippen LogP contribution is -2.43. The van der Waals surface area contributed by atoms with Crippen LogP contribution in [0.3, 0.4) is 0 Å². The van der Waals surface area contributed by atoms with Gasteiger partial charge in [0.2, 0.25) is 0 Å². The molecule has 2 rings (SSSR count). The van der Waals surface area contributed by atoms with E-state index in [2.05, 4.69) is 0 Å². The van der Waals surface area contributed by atoms with Crippen LogP contribution in [0.15, 0.2) is 60.7 Å². The van der Waals surface area contributed by atoms with E-state index in [4.69, 9.17) is 0 Å². The zero-order valence-corrected chi connectivity index (χ0v) is 12.0. The van der Waals surface area contributed by atoms with E-state index in [0.717, 1.165) is 4.90 Å². The first-order valence-corrected chi connectivity index (χ1v) is 6.92. The van der Waals surface area contributed by atoms with Crippen molar-refractivity contribution in [2.75, 3.05) is 6.54 Å². The first kappa shape index (κ1) is 16.1. The highest BCUT2D eigenvalue weighted by Gasteiger charge is 2.44. The quantitative estimate of drug-likeness (QED) is 0.829. The normalized spacial score (nSPS) is 11.5. The predicted molar refractivity (Wildman–Crippen MR) is 78.2 cm³/mol. The molecule has 0 aromatic heterocycles. The Morgan fingerprint density at radius 2 is 1.36 bits per heavy atom. The molecule has 0 N–H and O–H groups in total. The molecular weight excluding hydrogens is 291 g/mol. The van der Waals surface area contributed by atoms with E-state index in [9.17, 15) is 18.0 Å². The van der Waals surface area contributed by atoms with Crippen molar-refractivity contribution < 1.29 is 18.0 Å². The van der Waals surface area contributed by atoms with Gasteiger partial charge in [-0.05, 0) is 18.1 Å². The number of hydrogen-bond acceptors (Lipinski definition) is 1. The zero-order chi connectivity index (χ0) is 16.2. The summed E-state index contributed by atoms with van der Waals surface area (Å²) in [4.78, 5) is 12.6. The van der Waals surface area contributed by atoms with E-state index in [1.54, 1.807) is 67.6 Å². The fraction of sp³-hybridized carbons (Fsp3) is 0.235. The molecule has 0 radical (unpaired) electrons. The standard InChI is InChI=1S/C17H16F3NO/c1-2-21(16(22)17(18,19)20)15(13-9-5-3-6-10-13)14-11-7-4-8-12-14/h3-12,15H,2H2,1H3. The van der Waals surface area contributed by atoms with Crippen molar-refractivity contribution >= 4 is 5.91 Å². The maximum atomic E-state index is 12.9. The topological polar surface area (TPSA) is 20.3 Å². The first-order chi connectivity index (χ1) is 10.4. The van der Waals surface area contributed by atoms with Gasteiger partial charge >= 0.3 is 12.1 Å². The number of nitrogens with zero attached hydrogens (tertiary/aromatic N) is 1. The maximum Gasteiger partial charge on any atom is 0.471 e. The molecule has 1 amide bonds. The third-order valence-corrected chi connectivity index (χ3v) is 3.39. The highest BCUT2D eigenvalue weighted by molar-refractivity contribution is 5.82. The summed E-state index contributed by atoms with van der Waals surface area (Å²) in [5, 5.41) is 0. The van der Waals surface area contributed by atoms with E-state index < -0.39 is 18.1 Å². The van der Waals surface area contributed by atoms with Gasteiger partial charge in [-0.3, -0.25) is 4.79 Å². The predicted octanol–water partition coefficient (Wildman–Crippen LogP) is 4.19. The molecular formula is C17H16F3NO. The van der Waals surface area contributed by atoms with Gasteiger partial charge in [0, 0.05) is 6.54 Å². The Hall–Kier alpha value is -2.30. The van der Waals surface area contributed by atoms with Gasteiger partial charge in [-0.1, -0.05) is 60.7 Å². The Morgan fingerprint density at radius 3 is 1.68 bits per heavy atom. The molecule has 0 aliphatic heterocycles. The van der Waals surface area contributed by atoms with E-state index in [-0.39, 0.29) is 6.54 Å². The summed E-state index contributed by atoms with van der Waals surface area (Å²) in [5.41, 5.74) is 1.29. The van der Waals surface area contributed by atoms with E-state index >= 15 is 0 Å². The summed E-state index contributed by atoms with van der Waals surface area (Å²) in [6.07, 6.45) is -4.89. The Bertz CT molecular complexity index is 571. The van der Waals surface area contributed by atoms with Crippen molar-refractivity contribution in [2.24, 2.45) is 0 Å². The molecule has 2 aromatic rings. The SMILES string of the molecule is CCN(C(=O)C(F)(F)F)C(c1ccccc1)c1ccccc1. The van der Waals surface area contributed by atoms with Crippen molar-refractivity contribution in [2.45, 2.75) is 19.1 Å². The monoisotopic (exact) mass is 307 g/mol. The van der Waals surface area contributed by atoms with Crippen molar-refractivity contribution in [3.8, 4) is 0 Å². The molecule has 0 saturated heterocycles. The molecule has 0 unspecified atom stereocenters. The number of carbonyl (C=O) groups is 1. The number of benzene rings is 2. The summed E-state index contributed by atoms with van der Waals surface area (Å²) < 4.78 is 38.7. The third kappa shape index (κ3) is 3.47. The molecule has 0 aliphatic carbocycles. The molecule has 0 heterocycles. The van der Waals surface area contributed by atoms with Crippen LogP contribution in [0.25, 0.3) is 0 Å². The molecule has 2 aromatic carbocycles. The molecule has 2 nitrogen and oxygen atoms in total. The average Bonchev–Trinajstić information content (AvgIpc) is 2.52. The van der Waals surface area contributed by atoms with Gasteiger partial charge in [-0.25, -0.2) is 0 Å². The largest absolute Gasteiger partial charge is 0.471 e. The summed E-state index contributed by atoms with van der Waals surface area (Å²) in [5.74, 6) is -1.83. The maximum absolute atomic E-state index is 12.9. The molecule has 5 heteroatoms. The lowest BCUT2D eigenvalue weighted by Gasteiger charge is -2.32. The lowest BCUT2D eigenvalue weighted by atomic mass is 9.97. The average molecular weight is 307 g/mol. The van der Waals surface area contributed by atoms with Crippen LogP contribution in [0.4, 0.5) is 13.2 Å². The minimum Gasteiger partial charge on any atom is -0.324 e. The van der Waals surface area contributed by atoms with Crippen LogP contribution in [0.1, 0.15) is 24.1 Å². The van der Waals surface area contributed by atoms with Crippen LogP contribution >= 0.6 is 0 Å². The number of alkyl halides is 3. The smallest absolute Gasteiger partial charge is 0.324 e. The van der Waals surface area contributed by atoms with E-state index in [1.165, 1.54) is 0 Å². The molecule has 22 heavy (non-hydrogen) atoms. The lowest BCUT2D eigenvalue weighted by molar-refractivity contribution is -0.187. The number of hydrogen-bond donors (Lipinski definition) is 0.